The van der Waals surface area contributed by atoms with Crippen LogP contribution in [0.4, 0.5) is 0 Å². The summed E-state index contributed by atoms with van der Waals surface area (Å²) < 4.78 is 2.22. The third kappa shape index (κ3) is 1.91. The number of carboxylic acid groups (broad SMARTS) is 1. The fraction of sp³-hybridized carbons (Fsp3) is 0.769. The van der Waals surface area contributed by atoms with E-state index in [1.54, 1.807) is 0 Å². The fourth-order valence-corrected chi connectivity index (χ4v) is 3.18. The molecule has 1 aromatic heterocycles. The number of hydrogen-bond acceptors (Lipinski definition) is 3. The first-order chi connectivity index (χ1) is 8.68. The molecular formula is C13H19N3O2. The standard InChI is InChI=1S/C13H19N3O2/c1-8-14-15-12(10-7-11(10)13(17)18)16(8)9-5-3-2-4-6-9/h9-11H,2-7H2,1H3,(H,17,18). The molecule has 1 N–H and O–H groups in total. The Morgan fingerprint density at radius 2 is 2.00 bits per heavy atom. The second-order valence-electron chi connectivity index (χ2n) is 5.55. The van der Waals surface area contributed by atoms with Crippen molar-refractivity contribution in [2.24, 2.45) is 5.92 Å². The van der Waals surface area contributed by atoms with Gasteiger partial charge >= 0.3 is 5.97 Å². The second-order valence-corrected chi connectivity index (χ2v) is 5.55. The number of aryl methyl sites for hydroxylation is 1. The van der Waals surface area contributed by atoms with Crippen molar-refractivity contribution in [3.63, 3.8) is 0 Å². The average Bonchev–Trinajstić information content (AvgIpc) is 3.08. The first-order valence-corrected chi connectivity index (χ1v) is 6.82. The maximum absolute atomic E-state index is 11.0. The maximum atomic E-state index is 11.0. The summed E-state index contributed by atoms with van der Waals surface area (Å²) in [5.41, 5.74) is 0. The Bertz CT molecular complexity index is 463. The fourth-order valence-electron chi connectivity index (χ4n) is 3.18. The molecule has 5 nitrogen and oxygen atoms in total. The predicted molar refractivity (Wildman–Crippen MR) is 65.4 cm³/mol. The number of rotatable bonds is 3. The lowest BCUT2D eigenvalue weighted by Gasteiger charge is -2.25. The minimum Gasteiger partial charge on any atom is -0.481 e. The van der Waals surface area contributed by atoms with Crippen molar-refractivity contribution in [1.82, 2.24) is 14.8 Å². The first kappa shape index (κ1) is 11.7. The number of carbonyl (C=O) groups is 1. The molecule has 0 aromatic carbocycles. The van der Waals surface area contributed by atoms with E-state index in [1.165, 1.54) is 32.1 Å². The van der Waals surface area contributed by atoms with E-state index in [9.17, 15) is 4.79 Å². The summed E-state index contributed by atoms with van der Waals surface area (Å²) in [6.45, 7) is 1.98. The van der Waals surface area contributed by atoms with Gasteiger partial charge in [-0.15, -0.1) is 10.2 Å². The largest absolute Gasteiger partial charge is 0.481 e. The molecule has 1 heterocycles. The monoisotopic (exact) mass is 249 g/mol. The molecule has 0 aliphatic heterocycles. The normalized spacial score (nSPS) is 28.3. The number of hydrogen-bond donors (Lipinski definition) is 1. The number of carboxylic acids is 1. The third-order valence-electron chi connectivity index (χ3n) is 4.27. The van der Waals surface area contributed by atoms with Gasteiger partial charge in [-0.25, -0.2) is 0 Å². The summed E-state index contributed by atoms with van der Waals surface area (Å²) >= 11 is 0. The molecule has 2 unspecified atom stereocenters. The minimum atomic E-state index is -0.698. The van der Waals surface area contributed by atoms with Crippen molar-refractivity contribution in [1.29, 1.82) is 0 Å². The Morgan fingerprint density at radius 1 is 1.28 bits per heavy atom. The van der Waals surface area contributed by atoms with Gasteiger partial charge in [-0.3, -0.25) is 4.79 Å². The highest BCUT2D eigenvalue weighted by atomic mass is 16.4. The zero-order chi connectivity index (χ0) is 12.7. The van der Waals surface area contributed by atoms with Gasteiger partial charge in [0, 0.05) is 12.0 Å². The molecule has 2 fully saturated rings. The van der Waals surface area contributed by atoms with Gasteiger partial charge in [0.1, 0.15) is 11.6 Å². The van der Waals surface area contributed by atoms with Crippen molar-refractivity contribution in [3.8, 4) is 0 Å². The quantitative estimate of drug-likeness (QED) is 0.892. The molecule has 0 spiro atoms. The maximum Gasteiger partial charge on any atom is 0.307 e. The molecule has 0 saturated heterocycles. The average molecular weight is 249 g/mol. The van der Waals surface area contributed by atoms with Crippen molar-refractivity contribution >= 4 is 5.97 Å². The highest BCUT2D eigenvalue weighted by Gasteiger charge is 2.48. The van der Waals surface area contributed by atoms with Crippen LogP contribution in [0.15, 0.2) is 0 Å². The van der Waals surface area contributed by atoms with Crippen molar-refractivity contribution < 1.29 is 9.90 Å². The molecule has 0 bridgehead atoms. The Labute approximate surface area is 106 Å². The molecule has 2 aliphatic carbocycles. The topological polar surface area (TPSA) is 68.0 Å². The van der Waals surface area contributed by atoms with E-state index in [1.807, 2.05) is 6.92 Å². The summed E-state index contributed by atoms with van der Waals surface area (Å²) in [5.74, 6) is 0.997. The number of aliphatic carboxylic acids is 1. The van der Waals surface area contributed by atoms with Crippen LogP contribution in [-0.4, -0.2) is 25.8 Å². The third-order valence-corrected chi connectivity index (χ3v) is 4.27. The van der Waals surface area contributed by atoms with Gasteiger partial charge in [-0.2, -0.15) is 0 Å². The summed E-state index contributed by atoms with van der Waals surface area (Å²) in [6, 6.07) is 0.485. The van der Waals surface area contributed by atoms with Crippen LogP contribution in [0.5, 0.6) is 0 Å². The van der Waals surface area contributed by atoms with Crippen molar-refractivity contribution in [2.45, 2.75) is 57.4 Å². The van der Waals surface area contributed by atoms with E-state index in [0.717, 1.165) is 18.1 Å². The van der Waals surface area contributed by atoms with E-state index in [-0.39, 0.29) is 11.8 Å². The van der Waals surface area contributed by atoms with Crippen LogP contribution in [-0.2, 0) is 4.79 Å². The second kappa shape index (κ2) is 4.37. The number of nitrogens with zero attached hydrogens (tertiary/aromatic N) is 3. The van der Waals surface area contributed by atoms with Crippen LogP contribution < -0.4 is 0 Å². The molecule has 2 atom stereocenters. The summed E-state index contributed by atoms with van der Waals surface area (Å²) in [5, 5.41) is 17.4. The van der Waals surface area contributed by atoms with Crippen molar-refractivity contribution in [2.75, 3.05) is 0 Å². The Balaban J connectivity index is 1.85. The van der Waals surface area contributed by atoms with Crippen LogP contribution in [0.25, 0.3) is 0 Å². The highest BCUT2D eigenvalue weighted by molar-refractivity contribution is 5.74. The van der Waals surface area contributed by atoms with Crippen LogP contribution in [0, 0.1) is 12.8 Å². The first-order valence-electron chi connectivity index (χ1n) is 6.82. The van der Waals surface area contributed by atoms with Gasteiger partial charge in [0.05, 0.1) is 5.92 Å². The van der Waals surface area contributed by atoms with Gasteiger partial charge in [0.2, 0.25) is 0 Å². The van der Waals surface area contributed by atoms with Crippen LogP contribution in [0.1, 0.15) is 62.1 Å². The van der Waals surface area contributed by atoms with Crippen molar-refractivity contribution in [3.05, 3.63) is 11.6 Å². The van der Waals surface area contributed by atoms with E-state index in [2.05, 4.69) is 14.8 Å². The van der Waals surface area contributed by atoms with Gasteiger partial charge in [0.25, 0.3) is 0 Å². The molecule has 0 radical (unpaired) electrons. The Kier molecular flexibility index (Phi) is 2.84. The molecular weight excluding hydrogens is 230 g/mol. The number of aromatic nitrogens is 3. The minimum absolute atomic E-state index is 0.0885. The molecule has 0 amide bonds. The zero-order valence-electron chi connectivity index (χ0n) is 10.7. The highest BCUT2D eigenvalue weighted by Crippen LogP contribution is 2.48. The summed E-state index contributed by atoms with van der Waals surface area (Å²) in [6.07, 6.45) is 6.91. The van der Waals surface area contributed by atoms with Gasteiger partial charge in [-0.05, 0) is 26.2 Å². The summed E-state index contributed by atoms with van der Waals surface area (Å²) in [7, 11) is 0. The summed E-state index contributed by atoms with van der Waals surface area (Å²) in [4.78, 5) is 11.0. The molecule has 1 aromatic rings. The molecule has 2 aliphatic rings. The molecule has 2 saturated carbocycles. The molecule has 98 valence electrons. The Hall–Kier alpha value is -1.39. The van der Waals surface area contributed by atoms with Gasteiger partial charge in [-0.1, -0.05) is 19.3 Å². The lowest BCUT2D eigenvalue weighted by Crippen LogP contribution is -2.17. The lowest BCUT2D eigenvalue weighted by molar-refractivity contribution is -0.138. The zero-order valence-corrected chi connectivity index (χ0v) is 10.7. The SMILES string of the molecule is Cc1nnc(C2CC2C(=O)O)n1C1CCCCC1. The predicted octanol–water partition coefficient (Wildman–Crippen LogP) is 2.28. The Morgan fingerprint density at radius 3 is 2.61 bits per heavy atom. The van der Waals surface area contributed by atoms with Crippen LogP contribution in [0.2, 0.25) is 0 Å². The van der Waals surface area contributed by atoms with E-state index >= 15 is 0 Å². The molecule has 5 heteroatoms. The molecule has 3 rings (SSSR count). The van der Waals surface area contributed by atoms with Gasteiger partial charge in [0.15, 0.2) is 0 Å². The lowest BCUT2D eigenvalue weighted by atomic mass is 9.95. The van der Waals surface area contributed by atoms with Crippen LogP contribution >= 0.6 is 0 Å². The van der Waals surface area contributed by atoms with Gasteiger partial charge < -0.3 is 9.67 Å². The van der Waals surface area contributed by atoms with E-state index < -0.39 is 5.97 Å². The van der Waals surface area contributed by atoms with E-state index in [4.69, 9.17) is 5.11 Å². The molecule has 18 heavy (non-hydrogen) atoms. The van der Waals surface area contributed by atoms with E-state index in [0.29, 0.717) is 6.04 Å². The van der Waals surface area contributed by atoms with Crippen LogP contribution in [0.3, 0.4) is 0 Å². The smallest absolute Gasteiger partial charge is 0.307 e.